The lowest BCUT2D eigenvalue weighted by atomic mass is 10.1. The molecule has 22 heavy (non-hydrogen) atoms. The van der Waals surface area contributed by atoms with Crippen molar-refractivity contribution in [3.63, 3.8) is 0 Å². The highest BCUT2D eigenvalue weighted by atomic mass is 32.2. The predicted molar refractivity (Wildman–Crippen MR) is 83.7 cm³/mol. The Bertz CT molecular complexity index is 841. The lowest BCUT2D eigenvalue weighted by Crippen LogP contribution is -2.13. The molecular formula is C16H15NO4S. The highest BCUT2D eigenvalue weighted by Gasteiger charge is 2.16. The van der Waals surface area contributed by atoms with Gasteiger partial charge in [0.15, 0.2) is 11.6 Å². The Morgan fingerprint density at radius 3 is 2.00 bits per heavy atom. The maximum atomic E-state index is 12.4. The van der Waals surface area contributed by atoms with Gasteiger partial charge < -0.3 is 0 Å². The first-order valence-electron chi connectivity index (χ1n) is 6.54. The maximum Gasteiger partial charge on any atom is 0.261 e. The second-order valence-corrected chi connectivity index (χ2v) is 6.51. The Hall–Kier alpha value is -2.47. The number of hydrogen-bond acceptors (Lipinski definition) is 4. The van der Waals surface area contributed by atoms with E-state index in [0.29, 0.717) is 16.8 Å². The highest BCUT2D eigenvalue weighted by Crippen LogP contribution is 2.18. The normalized spacial score (nSPS) is 11.0. The number of carbonyl (C=O) groups excluding carboxylic acids is 2. The van der Waals surface area contributed by atoms with Crippen LogP contribution in [0.15, 0.2) is 53.4 Å². The summed E-state index contributed by atoms with van der Waals surface area (Å²) in [7, 11) is -3.83. The first kappa shape index (κ1) is 15.9. The number of Topliss-reactive ketones (excluding diaryl/α,β-unsaturated/α-hetero) is 2. The molecule has 0 radical (unpaired) electrons. The van der Waals surface area contributed by atoms with Gasteiger partial charge in [0.25, 0.3) is 10.0 Å². The second kappa shape index (κ2) is 6.11. The van der Waals surface area contributed by atoms with Gasteiger partial charge in [-0.05, 0) is 38.1 Å². The molecule has 0 unspecified atom stereocenters. The van der Waals surface area contributed by atoms with Crippen molar-refractivity contribution < 1.29 is 18.0 Å². The number of ketones is 2. The van der Waals surface area contributed by atoms with Crippen LogP contribution in [0.3, 0.4) is 0 Å². The molecular weight excluding hydrogens is 302 g/mol. The summed E-state index contributed by atoms with van der Waals surface area (Å²) in [5.41, 5.74) is 1.03. The molecule has 2 aromatic carbocycles. The fourth-order valence-corrected chi connectivity index (χ4v) is 2.99. The van der Waals surface area contributed by atoms with E-state index in [9.17, 15) is 18.0 Å². The Labute approximate surface area is 129 Å². The van der Waals surface area contributed by atoms with Crippen LogP contribution >= 0.6 is 0 Å². The van der Waals surface area contributed by atoms with Gasteiger partial charge in [-0.25, -0.2) is 8.42 Å². The molecule has 1 N–H and O–H groups in total. The molecule has 0 aliphatic heterocycles. The minimum absolute atomic E-state index is 0.00609. The van der Waals surface area contributed by atoms with Crippen LogP contribution in [0.2, 0.25) is 0 Å². The summed E-state index contributed by atoms with van der Waals surface area (Å²) < 4.78 is 27.1. The highest BCUT2D eigenvalue weighted by molar-refractivity contribution is 7.92. The molecule has 0 aliphatic rings. The van der Waals surface area contributed by atoms with Gasteiger partial charge in [-0.3, -0.25) is 14.3 Å². The summed E-state index contributed by atoms with van der Waals surface area (Å²) in [6, 6.07) is 12.0. The molecule has 0 aliphatic carbocycles. The Kier molecular flexibility index (Phi) is 4.42. The average molecular weight is 317 g/mol. The summed E-state index contributed by atoms with van der Waals surface area (Å²) in [5, 5.41) is 0. The molecule has 2 aromatic rings. The smallest absolute Gasteiger partial charge is 0.261 e. The third kappa shape index (κ3) is 3.59. The Morgan fingerprint density at radius 2 is 1.41 bits per heavy atom. The molecule has 6 heteroatoms. The van der Waals surface area contributed by atoms with Gasteiger partial charge in [-0.15, -0.1) is 0 Å². The molecule has 0 heterocycles. The van der Waals surface area contributed by atoms with Gasteiger partial charge in [0.2, 0.25) is 0 Å². The monoisotopic (exact) mass is 317 g/mol. The van der Waals surface area contributed by atoms with Gasteiger partial charge in [0.1, 0.15) is 0 Å². The number of nitrogens with one attached hydrogen (secondary N) is 1. The minimum atomic E-state index is -3.83. The fourth-order valence-electron chi connectivity index (χ4n) is 1.90. The summed E-state index contributed by atoms with van der Waals surface area (Å²) in [5.74, 6) is -0.366. The number of rotatable bonds is 5. The number of anilines is 1. The molecule has 0 saturated heterocycles. The summed E-state index contributed by atoms with van der Waals surface area (Å²) in [6.07, 6.45) is 0. The SMILES string of the molecule is CC(=O)c1cccc(NS(=O)(=O)c2cccc(C(C)=O)c2)c1. The van der Waals surface area contributed by atoms with Gasteiger partial charge in [-0.2, -0.15) is 0 Å². The Balaban J connectivity index is 2.35. The standard InChI is InChI=1S/C16H15NO4S/c1-11(18)13-5-3-7-15(9-13)17-22(20,21)16-8-4-6-14(10-16)12(2)19/h3-10,17H,1-2H3. The largest absolute Gasteiger partial charge is 0.295 e. The molecule has 0 atom stereocenters. The van der Waals surface area contributed by atoms with Crippen molar-refractivity contribution in [2.75, 3.05) is 4.72 Å². The van der Waals surface area contributed by atoms with Crippen LogP contribution in [0, 0.1) is 0 Å². The number of carbonyl (C=O) groups is 2. The molecule has 0 aromatic heterocycles. The van der Waals surface area contributed by atoms with Crippen LogP contribution < -0.4 is 4.72 Å². The van der Waals surface area contributed by atoms with Crippen LogP contribution in [0.1, 0.15) is 34.6 Å². The lowest BCUT2D eigenvalue weighted by Gasteiger charge is -2.09. The van der Waals surface area contributed by atoms with Crippen molar-refractivity contribution in [2.45, 2.75) is 18.7 Å². The summed E-state index contributed by atoms with van der Waals surface area (Å²) in [4.78, 5) is 22.7. The molecule has 114 valence electrons. The topological polar surface area (TPSA) is 80.3 Å². The Morgan fingerprint density at radius 1 is 0.864 bits per heavy atom. The van der Waals surface area contributed by atoms with Crippen LogP contribution in [0.4, 0.5) is 5.69 Å². The number of sulfonamides is 1. The van der Waals surface area contributed by atoms with Crippen LogP contribution in [-0.2, 0) is 10.0 Å². The lowest BCUT2D eigenvalue weighted by molar-refractivity contribution is 0.100. The second-order valence-electron chi connectivity index (χ2n) is 4.83. The quantitative estimate of drug-likeness (QED) is 0.860. The summed E-state index contributed by atoms with van der Waals surface area (Å²) >= 11 is 0. The van der Waals surface area contributed by atoms with Crippen molar-refractivity contribution in [1.82, 2.24) is 0 Å². The van der Waals surface area contributed by atoms with Gasteiger partial charge in [-0.1, -0.05) is 24.3 Å². The van der Waals surface area contributed by atoms with E-state index in [1.54, 1.807) is 24.3 Å². The van der Waals surface area contributed by atoms with E-state index < -0.39 is 10.0 Å². The van der Waals surface area contributed by atoms with Gasteiger partial charge in [0.05, 0.1) is 4.90 Å². The van der Waals surface area contributed by atoms with Crippen molar-refractivity contribution >= 4 is 27.3 Å². The zero-order valence-electron chi connectivity index (χ0n) is 12.2. The third-order valence-electron chi connectivity index (χ3n) is 3.07. The summed E-state index contributed by atoms with van der Waals surface area (Å²) in [6.45, 7) is 2.78. The molecule has 0 fully saturated rings. The molecule has 0 spiro atoms. The van der Waals surface area contributed by atoms with Crippen molar-refractivity contribution in [3.8, 4) is 0 Å². The van der Waals surface area contributed by atoms with E-state index in [2.05, 4.69) is 4.72 Å². The van der Waals surface area contributed by atoms with E-state index in [1.165, 1.54) is 38.1 Å². The van der Waals surface area contributed by atoms with Gasteiger partial charge in [0, 0.05) is 16.8 Å². The van der Waals surface area contributed by atoms with Crippen molar-refractivity contribution in [2.24, 2.45) is 0 Å². The number of benzene rings is 2. The van der Waals surface area contributed by atoms with Gasteiger partial charge >= 0.3 is 0 Å². The van der Waals surface area contributed by atoms with E-state index in [1.807, 2.05) is 0 Å². The van der Waals surface area contributed by atoms with Crippen molar-refractivity contribution in [1.29, 1.82) is 0 Å². The van der Waals surface area contributed by atoms with Crippen LogP contribution in [-0.4, -0.2) is 20.0 Å². The fraction of sp³-hybridized carbons (Fsp3) is 0.125. The van der Waals surface area contributed by atoms with E-state index in [0.717, 1.165) is 0 Å². The molecule has 5 nitrogen and oxygen atoms in total. The van der Waals surface area contributed by atoms with E-state index in [-0.39, 0.29) is 16.5 Å². The van der Waals surface area contributed by atoms with Crippen LogP contribution in [0.5, 0.6) is 0 Å². The molecule has 0 bridgehead atoms. The first-order chi connectivity index (χ1) is 10.3. The van der Waals surface area contributed by atoms with E-state index >= 15 is 0 Å². The molecule has 0 saturated carbocycles. The van der Waals surface area contributed by atoms with E-state index in [4.69, 9.17) is 0 Å². The maximum absolute atomic E-state index is 12.4. The van der Waals surface area contributed by atoms with Crippen LogP contribution in [0.25, 0.3) is 0 Å². The number of hydrogen-bond donors (Lipinski definition) is 1. The molecule has 2 rings (SSSR count). The minimum Gasteiger partial charge on any atom is -0.295 e. The zero-order valence-corrected chi connectivity index (χ0v) is 13.0. The first-order valence-corrected chi connectivity index (χ1v) is 8.03. The van der Waals surface area contributed by atoms with Crippen molar-refractivity contribution in [3.05, 3.63) is 59.7 Å². The molecule has 0 amide bonds. The third-order valence-corrected chi connectivity index (χ3v) is 4.45. The average Bonchev–Trinajstić information content (AvgIpc) is 2.47. The zero-order chi connectivity index (χ0) is 16.3. The predicted octanol–water partition coefficient (Wildman–Crippen LogP) is 2.89.